The van der Waals surface area contributed by atoms with Crippen LogP contribution in [0.1, 0.15) is 12.0 Å². The highest BCUT2D eigenvalue weighted by molar-refractivity contribution is 7.89. The summed E-state index contributed by atoms with van der Waals surface area (Å²) in [5.41, 5.74) is -3.01. The second-order valence-electron chi connectivity index (χ2n) is 2.78. The van der Waals surface area contributed by atoms with E-state index in [1.165, 1.54) is 0 Å². The van der Waals surface area contributed by atoms with Crippen LogP contribution in [0.25, 0.3) is 0 Å². The van der Waals surface area contributed by atoms with Gasteiger partial charge in [-0.15, -0.1) is 0 Å². The van der Waals surface area contributed by atoms with E-state index >= 15 is 0 Å². The highest BCUT2D eigenvalue weighted by atomic mass is 32.2. The van der Waals surface area contributed by atoms with Crippen LogP contribution in [0.4, 0.5) is 18.9 Å². The zero-order valence-electron chi connectivity index (χ0n) is 7.80. The lowest BCUT2D eigenvalue weighted by molar-refractivity contribution is -0.388. The first-order valence-corrected chi connectivity index (χ1v) is 5.34. The quantitative estimate of drug-likeness (QED) is 0.493. The van der Waals surface area contributed by atoms with Gasteiger partial charge in [-0.3, -0.25) is 10.1 Å². The van der Waals surface area contributed by atoms with Crippen molar-refractivity contribution in [3.8, 4) is 0 Å². The maximum atomic E-state index is 12.9. The fraction of sp³-hybridized carbons (Fsp3) is 0.167. The minimum atomic E-state index is -4.88. The fourth-order valence-corrected chi connectivity index (χ4v) is 1.99. The standard InChI is InChI=1S/C6H4F3N3O4S/c7-5(8)3-4(17(10,15)16)2(12(13)14)1-11-6(3)9/h1,5H,(H2,10,15,16). The second kappa shape index (κ2) is 4.25. The molecule has 0 atom stereocenters. The third-order valence-electron chi connectivity index (χ3n) is 1.70. The Morgan fingerprint density at radius 3 is 2.35 bits per heavy atom. The average molecular weight is 271 g/mol. The first-order chi connectivity index (χ1) is 7.66. The lowest BCUT2D eigenvalue weighted by Crippen LogP contribution is -2.18. The number of rotatable bonds is 3. The minimum Gasteiger partial charge on any atom is -0.258 e. The van der Waals surface area contributed by atoms with Gasteiger partial charge in [0.2, 0.25) is 16.0 Å². The van der Waals surface area contributed by atoms with Gasteiger partial charge in [0.05, 0.1) is 10.5 Å². The van der Waals surface area contributed by atoms with Crippen LogP contribution in [0.5, 0.6) is 0 Å². The number of pyridine rings is 1. The van der Waals surface area contributed by atoms with Gasteiger partial charge in [-0.1, -0.05) is 0 Å². The van der Waals surface area contributed by atoms with Gasteiger partial charge in [0.1, 0.15) is 6.20 Å². The molecule has 0 bridgehead atoms. The number of aromatic nitrogens is 1. The fourth-order valence-electron chi connectivity index (χ4n) is 1.10. The molecule has 1 rings (SSSR count). The molecule has 1 aromatic rings. The Morgan fingerprint density at radius 1 is 1.47 bits per heavy atom. The molecular weight excluding hydrogens is 267 g/mol. The van der Waals surface area contributed by atoms with Crippen LogP contribution < -0.4 is 5.14 Å². The zero-order valence-corrected chi connectivity index (χ0v) is 8.62. The van der Waals surface area contributed by atoms with Crippen molar-refractivity contribution in [2.24, 2.45) is 5.14 Å². The number of hydrogen-bond acceptors (Lipinski definition) is 5. The summed E-state index contributed by atoms with van der Waals surface area (Å²) in [7, 11) is -4.88. The molecule has 0 aliphatic heterocycles. The summed E-state index contributed by atoms with van der Waals surface area (Å²) < 4.78 is 59.8. The third kappa shape index (κ3) is 2.50. The highest BCUT2D eigenvalue weighted by Gasteiger charge is 2.34. The first kappa shape index (κ1) is 13.3. The topological polar surface area (TPSA) is 116 Å². The predicted molar refractivity (Wildman–Crippen MR) is 47.2 cm³/mol. The number of nitrogens with two attached hydrogens (primary N) is 1. The average Bonchev–Trinajstić information content (AvgIpc) is 2.14. The van der Waals surface area contributed by atoms with E-state index in [0.717, 1.165) is 0 Å². The summed E-state index contributed by atoms with van der Waals surface area (Å²) >= 11 is 0. The molecule has 0 radical (unpaired) electrons. The molecule has 11 heteroatoms. The van der Waals surface area contributed by atoms with Crippen molar-refractivity contribution in [2.45, 2.75) is 11.3 Å². The Labute approximate surface area is 92.3 Å². The Morgan fingerprint density at radius 2 is 2.00 bits per heavy atom. The maximum Gasteiger partial charge on any atom is 0.308 e. The van der Waals surface area contributed by atoms with Crippen molar-refractivity contribution >= 4 is 15.7 Å². The van der Waals surface area contributed by atoms with Gasteiger partial charge in [0.15, 0.2) is 4.90 Å². The number of nitrogens with zero attached hydrogens (tertiary/aromatic N) is 2. The van der Waals surface area contributed by atoms with Crippen LogP contribution >= 0.6 is 0 Å². The lowest BCUT2D eigenvalue weighted by Gasteiger charge is -2.07. The van der Waals surface area contributed by atoms with Crippen LogP contribution in [0.15, 0.2) is 11.1 Å². The number of nitro groups is 1. The zero-order chi connectivity index (χ0) is 13.4. The molecule has 0 aliphatic carbocycles. The Hall–Kier alpha value is -1.75. The molecule has 0 saturated heterocycles. The van der Waals surface area contributed by atoms with Gasteiger partial charge in [-0.05, 0) is 0 Å². The molecule has 2 N–H and O–H groups in total. The van der Waals surface area contributed by atoms with Gasteiger partial charge < -0.3 is 0 Å². The number of primary sulfonamides is 1. The van der Waals surface area contributed by atoms with Crippen molar-refractivity contribution in [1.82, 2.24) is 4.98 Å². The van der Waals surface area contributed by atoms with E-state index in [1.807, 2.05) is 0 Å². The molecule has 17 heavy (non-hydrogen) atoms. The summed E-state index contributed by atoms with van der Waals surface area (Å²) in [6.45, 7) is 0. The van der Waals surface area contributed by atoms with Crippen molar-refractivity contribution < 1.29 is 26.5 Å². The van der Waals surface area contributed by atoms with Crippen LogP contribution in [-0.4, -0.2) is 18.3 Å². The Balaban J connectivity index is 3.82. The lowest BCUT2D eigenvalue weighted by atomic mass is 10.2. The number of hydrogen-bond donors (Lipinski definition) is 1. The molecular formula is C6H4F3N3O4S. The van der Waals surface area contributed by atoms with E-state index in [-0.39, 0.29) is 6.20 Å². The Kier molecular flexibility index (Phi) is 3.33. The molecule has 0 saturated carbocycles. The Bertz CT molecular complexity index is 574. The molecule has 0 aliphatic rings. The van der Waals surface area contributed by atoms with E-state index in [2.05, 4.69) is 10.1 Å². The third-order valence-corrected chi connectivity index (χ3v) is 2.70. The molecule has 1 aromatic heterocycles. The maximum absolute atomic E-state index is 12.9. The van der Waals surface area contributed by atoms with Crippen LogP contribution in [0, 0.1) is 16.1 Å². The summed E-state index contributed by atoms with van der Waals surface area (Å²) in [5, 5.41) is 15.0. The molecule has 1 heterocycles. The summed E-state index contributed by atoms with van der Waals surface area (Å²) in [4.78, 5) is 10.3. The largest absolute Gasteiger partial charge is 0.308 e. The van der Waals surface area contributed by atoms with E-state index in [9.17, 15) is 31.7 Å². The van der Waals surface area contributed by atoms with E-state index < -0.39 is 43.5 Å². The normalized spacial score (nSPS) is 11.8. The SMILES string of the molecule is NS(=O)(=O)c1c([N+](=O)[O-])cnc(F)c1C(F)F. The summed E-state index contributed by atoms with van der Waals surface area (Å²) in [6.07, 6.45) is -3.39. The number of sulfonamides is 1. The first-order valence-electron chi connectivity index (χ1n) is 3.80. The molecule has 0 unspecified atom stereocenters. The molecule has 0 amide bonds. The van der Waals surface area contributed by atoms with Crippen molar-refractivity contribution in [3.05, 3.63) is 27.8 Å². The molecule has 0 aromatic carbocycles. The molecule has 94 valence electrons. The van der Waals surface area contributed by atoms with E-state index in [4.69, 9.17) is 0 Å². The van der Waals surface area contributed by atoms with Gasteiger partial charge in [0, 0.05) is 0 Å². The van der Waals surface area contributed by atoms with Gasteiger partial charge in [-0.25, -0.2) is 27.3 Å². The monoisotopic (exact) mass is 271 g/mol. The van der Waals surface area contributed by atoms with Crippen LogP contribution in [0.3, 0.4) is 0 Å². The van der Waals surface area contributed by atoms with Crippen molar-refractivity contribution in [1.29, 1.82) is 0 Å². The van der Waals surface area contributed by atoms with Gasteiger partial charge in [-0.2, -0.15) is 4.39 Å². The minimum absolute atomic E-state index is 0.209. The predicted octanol–water partition coefficient (Wildman–Crippen LogP) is 0.714. The number of alkyl halides is 2. The van der Waals surface area contributed by atoms with Gasteiger partial charge in [0.25, 0.3) is 6.43 Å². The van der Waals surface area contributed by atoms with Gasteiger partial charge >= 0.3 is 5.69 Å². The molecule has 0 spiro atoms. The summed E-state index contributed by atoms with van der Waals surface area (Å²) in [6, 6.07) is 0. The molecule has 0 fully saturated rings. The summed E-state index contributed by atoms with van der Waals surface area (Å²) in [5.74, 6) is -1.82. The second-order valence-corrected chi connectivity index (χ2v) is 4.28. The van der Waals surface area contributed by atoms with Crippen molar-refractivity contribution in [3.63, 3.8) is 0 Å². The highest BCUT2D eigenvalue weighted by Crippen LogP contribution is 2.33. The smallest absolute Gasteiger partial charge is 0.258 e. The van der Waals surface area contributed by atoms with Crippen molar-refractivity contribution in [2.75, 3.05) is 0 Å². The van der Waals surface area contributed by atoms with Crippen LogP contribution in [-0.2, 0) is 10.0 Å². The van der Waals surface area contributed by atoms with E-state index in [0.29, 0.717) is 0 Å². The van der Waals surface area contributed by atoms with E-state index in [1.54, 1.807) is 0 Å². The van der Waals surface area contributed by atoms with Crippen LogP contribution in [0.2, 0.25) is 0 Å². The number of halogens is 3. The molecule has 7 nitrogen and oxygen atoms in total.